The summed E-state index contributed by atoms with van der Waals surface area (Å²) < 4.78 is 5.22. The largest absolute Gasteiger partial charge is 0.475 e. The summed E-state index contributed by atoms with van der Waals surface area (Å²) >= 11 is 1.58. The predicted octanol–water partition coefficient (Wildman–Crippen LogP) is 2.58. The average Bonchev–Trinajstić information content (AvgIpc) is 3.09. The van der Waals surface area contributed by atoms with Crippen LogP contribution in [0.2, 0.25) is 0 Å². The molecule has 0 spiro atoms. The fraction of sp³-hybridized carbons (Fsp3) is 0.188. The zero-order chi connectivity index (χ0) is 15.9. The van der Waals surface area contributed by atoms with Gasteiger partial charge in [0.15, 0.2) is 0 Å². The van der Waals surface area contributed by atoms with Gasteiger partial charge in [0.2, 0.25) is 5.88 Å². The van der Waals surface area contributed by atoms with Crippen molar-refractivity contribution in [1.82, 2.24) is 15.0 Å². The van der Waals surface area contributed by atoms with E-state index < -0.39 is 0 Å². The maximum absolute atomic E-state index is 8.70. The number of thiazole rings is 1. The molecule has 118 valence electrons. The number of aliphatic hydroxyl groups is 1. The van der Waals surface area contributed by atoms with E-state index in [1.54, 1.807) is 29.8 Å². The molecule has 0 saturated carbocycles. The molecule has 0 aliphatic rings. The number of aliphatic hydroxyl groups excluding tert-OH is 1. The van der Waals surface area contributed by atoms with Gasteiger partial charge in [-0.2, -0.15) is 0 Å². The molecule has 0 aromatic carbocycles. The third kappa shape index (κ3) is 4.24. The molecule has 0 amide bonds. The summed E-state index contributed by atoms with van der Waals surface area (Å²) in [6.07, 6.45) is 3.46. The van der Waals surface area contributed by atoms with E-state index >= 15 is 0 Å². The van der Waals surface area contributed by atoms with E-state index in [9.17, 15) is 0 Å². The molecule has 3 heterocycles. The highest BCUT2D eigenvalue weighted by molar-refractivity contribution is 7.13. The van der Waals surface area contributed by atoms with Crippen molar-refractivity contribution in [3.8, 4) is 16.6 Å². The molecule has 0 saturated heterocycles. The lowest BCUT2D eigenvalue weighted by atomic mass is 10.3. The first-order valence-corrected chi connectivity index (χ1v) is 8.02. The normalized spacial score (nSPS) is 10.5. The lowest BCUT2D eigenvalue weighted by molar-refractivity contribution is 0.196. The van der Waals surface area contributed by atoms with Crippen molar-refractivity contribution in [3.05, 3.63) is 53.8 Å². The first-order valence-electron chi connectivity index (χ1n) is 7.14. The van der Waals surface area contributed by atoms with Gasteiger partial charge in [0.05, 0.1) is 36.4 Å². The quantitative estimate of drug-likeness (QED) is 0.694. The van der Waals surface area contributed by atoms with Crippen LogP contribution < -0.4 is 10.1 Å². The number of nitrogens with zero attached hydrogens (tertiary/aromatic N) is 3. The van der Waals surface area contributed by atoms with Crippen LogP contribution in [0.3, 0.4) is 0 Å². The number of rotatable bonds is 7. The van der Waals surface area contributed by atoms with Gasteiger partial charge >= 0.3 is 0 Å². The third-order valence-corrected chi connectivity index (χ3v) is 3.90. The molecule has 3 aromatic heterocycles. The minimum atomic E-state index is -0.0237. The SMILES string of the molecule is OCCOc1ccc(NCc2csc(-c3ccccn3)n2)cn1. The van der Waals surface area contributed by atoms with Gasteiger partial charge in [-0.05, 0) is 18.2 Å². The van der Waals surface area contributed by atoms with Gasteiger partial charge in [-0.1, -0.05) is 6.07 Å². The lowest BCUT2D eigenvalue weighted by Crippen LogP contribution is -2.04. The molecule has 6 nitrogen and oxygen atoms in total. The Hall–Kier alpha value is -2.51. The van der Waals surface area contributed by atoms with E-state index in [1.807, 2.05) is 29.6 Å². The lowest BCUT2D eigenvalue weighted by Gasteiger charge is -2.06. The Bertz CT molecular complexity index is 731. The van der Waals surface area contributed by atoms with Crippen molar-refractivity contribution < 1.29 is 9.84 Å². The fourth-order valence-electron chi connectivity index (χ4n) is 1.91. The van der Waals surface area contributed by atoms with Crippen LogP contribution >= 0.6 is 11.3 Å². The summed E-state index contributed by atoms with van der Waals surface area (Å²) in [5.74, 6) is 0.496. The van der Waals surface area contributed by atoms with Crippen LogP contribution in [0.4, 0.5) is 5.69 Å². The summed E-state index contributed by atoms with van der Waals surface area (Å²) in [6, 6.07) is 9.43. The van der Waals surface area contributed by atoms with E-state index in [1.165, 1.54) is 0 Å². The number of anilines is 1. The number of ether oxygens (including phenoxy) is 1. The Balaban J connectivity index is 1.57. The Morgan fingerprint density at radius 1 is 1.17 bits per heavy atom. The molecule has 2 N–H and O–H groups in total. The van der Waals surface area contributed by atoms with Crippen molar-refractivity contribution in [2.75, 3.05) is 18.5 Å². The topological polar surface area (TPSA) is 80.2 Å². The molecule has 0 radical (unpaired) electrons. The molecular formula is C16H16N4O2S. The molecule has 0 atom stereocenters. The maximum atomic E-state index is 8.70. The monoisotopic (exact) mass is 328 g/mol. The van der Waals surface area contributed by atoms with Crippen molar-refractivity contribution in [1.29, 1.82) is 0 Å². The summed E-state index contributed by atoms with van der Waals surface area (Å²) in [7, 11) is 0. The Kier molecular flexibility index (Phi) is 5.13. The van der Waals surface area contributed by atoms with Crippen molar-refractivity contribution in [3.63, 3.8) is 0 Å². The van der Waals surface area contributed by atoms with Crippen LogP contribution in [-0.2, 0) is 6.54 Å². The molecular weight excluding hydrogens is 312 g/mol. The predicted molar refractivity (Wildman–Crippen MR) is 89.5 cm³/mol. The molecule has 3 aromatic rings. The summed E-state index contributed by atoms with van der Waals surface area (Å²) in [5.41, 5.74) is 2.72. The number of nitrogens with one attached hydrogen (secondary N) is 1. The van der Waals surface area contributed by atoms with Crippen molar-refractivity contribution in [2.24, 2.45) is 0 Å². The zero-order valence-electron chi connectivity index (χ0n) is 12.3. The highest BCUT2D eigenvalue weighted by Crippen LogP contribution is 2.22. The number of hydrogen-bond donors (Lipinski definition) is 2. The van der Waals surface area contributed by atoms with Gasteiger partial charge < -0.3 is 15.2 Å². The van der Waals surface area contributed by atoms with E-state index in [4.69, 9.17) is 9.84 Å². The molecule has 0 bridgehead atoms. The molecule has 3 rings (SSSR count). The van der Waals surface area contributed by atoms with Gasteiger partial charge in [0.1, 0.15) is 11.6 Å². The zero-order valence-corrected chi connectivity index (χ0v) is 13.2. The highest BCUT2D eigenvalue weighted by atomic mass is 32.1. The van der Waals surface area contributed by atoms with Gasteiger partial charge in [-0.3, -0.25) is 4.98 Å². The first kappa shape index (κ1) is 15.4. The van der Waals surface area contributed by atoms with Gasteiger partial charge in [-0.15, -0.1) is 11.3 Å². The average molecular weight is 328 g/mol. The van der Waals surface area contributed by atoms with Gasteiger partial charge in [0, 0.05) is 17.6 Å². The van der Waals surface area contributed by atoms with Crippen LogP contribution in [0.5, 0.6) is 5.88 Å². The standard InChI is InChI=1S/C16H16N4O2S/c21-7-8-22-15-5-4-12(9-19-15)18-10-13-11-23-16(20-13)14-3-1-2-6-17-14/h1-6,9,11,18,21H,7-8,10H2. The number of pyridine rings is 2. The summed E-state index contributed by atoms with van der Waals surface area (Å²) in [5, 5.41) is 14.9. The summed E-state index contributed by atoms with van der Waals surface area (Å²) in [4.78, 5) is 13.0. The van der Waals surface area contributed by atoms with E-state index in [-0.39, 0.29) is 13.2 Å². The van der Waals surface area contributed by atoms with Crippen LogP contribution in [-0.4, -0.2) is 33.3 Å². The number of hydrogen-bond acceptors (Lipinski definition) is 7. The van der Waals surface area contributed by atoms with E-state index in [2.05, 4.69) is 20.3 Å². The Morgan fingerprint density at radius 3 is 2.87 bits per heavy atom. The molecule has 0 aliphatic heterocycles. The molecule has 0 aliphatic carbocycles. The van der Waals surface area contributed by atoms with E-state index in [0.29, 0.717) is 12.4 Å². The summed E-state index contributed by atoms with van der Waals surface area (Å²) in [6.45, 7) is 0.834. The minimum absolute atomic E-state index is 0.0237. The van der Waals surface area contributed by atoms with Crippen LogP contribution in [0, 0.1) is 0 Å². The van der Waals surface area contributed by atoms with Gasteiger partial charge in [0.25, 0.3) is 0 Å². The first-order chi connectivity index (χ1) is 11.3. The second-order valence-electron chi connectivity index (χ2n) is 4.67. The second kappa shape index (κ2) is 7.66. The Labute approximate surface area is 137 Å². The smallest absolute Gasteiger partial charge is 0.213 e. The molecule has 7 heteroatoms. The fourth-order valence-corrected chi connectivity index (χ4v) is 2.70. The molecule has 0 fully saturated rings. The van der Waals surface area contributed by atoms with E-state index in [0.717, 1.165) is 22.1 Å². The van der Waals surface area contributed by atoms with Crippen LogP contribution in [0.25, 0.3) is 10.7 Å². The minimum Gasteiger partial charge on any atom is -0.475 e. The van der Waals surface area contributed by atoms with Crippen molar-refractivity contribution >= 4 is 17.0 Å². The maximum Gasteiger partial charge on any atom is 0.213 e. The highest BCUT2D eigenvalue weighted by Gasteiger charge is 2.05. The second-order valence-corrected chi connectivity index (χ2v) is 5.53. The molecule has 23 heavy (non-hydrogen) atoms. The number of aromatic nitrogens is 3. The van der Waals surface area contributed by atoms with Gasteiger partial charge in [-0.25, -0.2) is 9.97 Å². The third-order valence-electron chi connectivity index (χ3n) is 2.99. The van der Waals surface area contributed by atoms with Crippen molar-refractivity contribution in [2.45, 2.75) is 6.54 Å². The Morgan fingerprint density at radius 2 is 2.13 bits per heavy atom. The molecule has 0 unspecified atom stereocenters. The van der Waals surface area contributed by atoms with Crippen LogP contribution in [0.15, 0.2) is 48.1 Å². The van der Waals surface area contributed by atoms with Crippen LogP contribution in [0.1, 0.15) is 5.69 Å².